The molecule has 2 rings (SSSR count). The minimum atomic E-state index is -0.584. The number of rotatable bonds is 7. The highest BCUT2D eigenvalue weighted by Crippen LogP contribution is 2.38. The van der Waals surface area contributed by atoms with Gasteiger partial charge in [0.1, 0.15) is 6.00 Å². The predicted molar refractivity (Wildman–Crippen MR) is 113 cm³/mol. The Balaban J connectivity index is 2.17. The Bertz CT molecular complexity index is 621. The molecule has 0 saturated carbocycles. The van der Waals surface area contributed by atoms with Crippen molar-refractivity contribution in [3.63, 3.8) is 0 Å². The van der Waals surface area contributed by atoms with E-state index < -0.39 is 24.3 Å². The van der Waals surface area contributed by atoms with Gasteiger partial charge < -0.3 is 18.9 Å². The van der Waals surface area contributed by atoms with Crippen LogP contribution >= 0.6 is 0 Å². The highest BCUT2D eigenvalue weighted by atomic mass is 16.7. The van der Waals surface area contributed by atoms with Crippen molar-refractivity contribution in [2.45, 2.75) is 97.5 Å². The Morgan fingerprint density at radius 1 is 1.00 bits per heavy atom. The minimum absolute atomic E-state index is 0.0561. The molecule has 0 N–H and O–H groups in total. The Morgan fingerprint density at radius 2 is 1.50 bits per heavy atom. The molecule has 0 spiro atoms. The maximum Gasteiger partial charge on any atom is 0.501 e. The van der Waals surface area contributed by atoms with Gasteiger partial charge in [-0.05, 0) is 73.8 Å². The van der Waals surface area contributed by atoms with E-state index in [0.29, 0.717) is 6.42 Å². The van der Waals surface area contributed by atoms with Gasteiger partial charge in [0.2, 0.25) is 0 Å². The van der Waals surface area contributed by atoms with Crippen LogP contribution in [-0.2, 0) is 20.5 Å². The number of benzene rings is 1. The molecule has 0 bridgehead atoms. The largest absolute Gasteiger partial charge is 0.501 e. The number of ether oxygens (including phenoxy) is 1. The monoisotopic (exact) mass is 389 g/mol. The Labute approximate surface area is 170 Å². The molecular formula is C22H36BNO4. The number of carbonyl (C=O) groups excluding carboxylic acids is 1. The summed E-state index contributed by atoms with van der Waals surface area (Å²) in [5.41, 5.74) is 0.264. The second-order valence-corrected chi connectivity index (χ2v) is 9.17. The van der Waals surface area contributed by atoms with Crippen LogP contribution in [-0.4, -0.2) is 47.4 Å². The van der Waals surface area contributed by atoms with Crippen LogP contribution in [0.2, 0.25) is 0 Å². The molecule has 28 heavy (non-hydrogen) atoms. The van der Waals surface area contributed by atoms with Gasteiger partial charge in [0.25, 0.3) is 0 Å². The third-order valence-corrected chi connectivity index (χ3v) is 5.71. The van der Waals surface area contributed by atoms with E-state index in [9.17, 15) is 4.79 Å². The molecule has 0 aliphatic carbocycles. The zero-order valence-corrected chi connectivity index (χ0v) is 18.7. The third kappa shape index (κ3) is 5.29. The molecule has 1 aliphatic rings. The fourth-order valence-corrected chi connectivity index (χ4v) is 3.45. The first kappa shape index (κ1) is 22.8. The van der Waals surface area contributed by atoms with Gasteiger partial charge in [0.15, 0.2) is 0 Å². The standard InChI is InChI=1S/C22H36BNO4/c1-16(2)24(17(3)4)20(25)26-19(15-14-18-12-10-9-11-13-18)23-27-21(5,6)22(7,8)28-23/h9-13,16-17,19H,14-15H2,1-8H3/t19-/m1/s1. The predicted octanol–water partition coefficient (Wildman–Crippen LogP) is 4.87. The van der Waals surface area contributed by atoms with Crippen molar-refractivity contribution in [3.8, 4) is 0 Å². The molecule has 0 radical (unpaired) electrons. The molecular weight excluding hydrogens is 353 g/mol. The van der Waals surface area contributed by atoms with E-state index in [1.165, 1.54) is 5.56 Å². The molecule has 6 heteroatoms. The fraction of sp³-hybridized carbons (Fsp3) is 0.682. The molecule has 1 saturated heterocycles. The van der Waals surface area contributed by atoms with E-state index >= 15 is 0 Å². The topological polar surface area (TPSA) is 48.0 Å². The maximum absolute atomic E-state index is 12.9. The van der Waals surface area contributed by atoms with Gasteiger partial charge in [-0.2, -0.15) is 0 Å². The van der Waals surface area contributed by atoms with E-state index in [0.717, 1.165) is 6.42 Å². The lowest BCUT2D eigenvalue weighted by atomic mass is 9.77. The van der Waals surface area contributed by atoms with Gasteiger partial charge in [-0.3, -0.25) is 0 Å². The molecule has 1 fully saturated rings. The lowest BCUT2D eigenvalue weighted by Crippen LogP contribution is -2.47. The molecule has 1 amide bonds. The van der Waals surface area contributed by atoms with E-state index in [1.54, 1.807) is 4.90 Å². The number of amides is 1. The van der Waals surface area contributed by atoms with Crippen LogP contribution in [0.15, 0.2) is 30.3 Å². The van der Waals surface area contributed by atoms with Crippen LogP contribution in [0.5, 0.6) is 0 Å². The van der Waals surface area contributed by atoms with Crippen molar-refractivity contribution in [3.05, 3.63) is 35.9 Å². The molecule has 5 nitrogen and oxygen atoms in total. The lowest BCUT2D eigenvalue weighted by Gasteiger charge is -2.32. The quantitative estimate of drug-likeness (QED) is 0.624. The zero-order chi connectivity index (χ0) is 21.1. The summed E-state index contributed by atoms with van der Waals surface area (Å²) in [5.74, 6) is 0. The first-order chi connectivity index (χ1) is 12.9. The maximum atomic E-state index is 12.9. The van der Waals surface area contributed by atoms with E-state index in [1.807, 2.05) is 73.6 Å². The number of hydrogen-bond donors (Lipinski definition) is 0. The average Bonchev–Trinajstić information content (AvgIpc) is 2.79. The zero-order valence-electron chi connectivity index (χ0n) is 18.7. The molecule has 1 heterocycles. The van der Waals surface area contributed by atoms with Crippen LogP contribution in [0.1, 0.15) is 67.4 Å². The highest BCUT2D eigenvalue weighted by molar-refractivity contribution is 6.47. The summed E-state index contributed by atoms with van der Waals surface area (Å²) < 4.78 is 18.4. The van der Waals surface area contributed by atoms with Gasteiger partial charge >= 0.3 is 13.2 Å². The number of carbonyl (C=O) groups is 1. The van der Waals surface area contributed by atoms with Crippen LogP contribution < -0.4 is 0 Å². The average molecular weight is 389 g/mol. The van der Waals surface area contributed by atoms with E-state index in [2.05, 4.69) is 12.1 Å². The summed E-state index contributed by atoms with van der Waals surface area (Å²) in [6.45, 7) is 16.0. The normalized spacial score (nSPS) is 19.1. The summed E-state index contributed by atoms with van der Waals surface area (Å²) in [6.07, 6.45) is 1.10. The Morgan fingerprint density at radius 3 is 1.96 bits per heavy atom. The van der Waals surface area contributed by atoms with Gasteiger partial charge in [0, 0.05) is 12.1 Å². The molecule has 1 atom stereocenters. The number of nitrogens with zero attached hydrogens (tertiary/aromatic N) is 1. The first-order valence-corrected chi connectivity index (χ1v) is 10.3. The van der Waals surface area contributed by atoms with Gasteiger partial charge in [0.05, 0.1) is 11.2 Å². The molecule has 0 aromatic heterocycles. The Hall–Kier alpha value is -1.53. The SMILES string of the molecule is CC(C)N(C(=O)O[C@H](CCc1ccccc1)B1OC(C)(C)C(C)(C)O1)C(C)C. The highest BCUT2D eigenvalue weighted by Gasteiger charge is 2.55. The summed E-state index contributed by atoms with van der Waals surface area (Å²) in [6, 6.07) is 9.83. The molecule has 1 aromatic rings. The third-order valence-electron chi connectivity index (χ3n) is 5.71. The number of hydrogen-bond acceptors (Lipinski definition) is 4. The van der Waals surface area contributed by atoms with E-state index in [-0.39, 0.29) is 18.2 Å². The van der Waals surface area contributed by atoms with Crippen molar-refractivity contribution >= 4 is 13.2 Å². The first-order valence-electron chi connectivity index (χ1n) is 10.3. The van der Waals surface area contributed by atoms with Crippen molar-refractivity contribution < 1.29 is 18.8 Å². The second kappa shape index (κ2) is 8.87. The smallest absolute Gasteiger partial charge is 0.448 e. The van der Waals surface area contributed by atoms with Crippen LogP contribution in [0, 0.1) is 0 Å². The van der Waals surface area contributed by atoms with Crippen LogP contribution in [0.25, 0.3) is 0 Å². The Kier molecular flexibility index (Phi) is 7.21. The second-order valence-electron chi connectivity index (χ2n) is 9.17. The van der Waals surface area contributed by atoms with Gasteiger partial charge in [-0.1, -0.05) is 30.3 Å². The van der Waals surface area contributed by atoms with E-state index in [4.69, 9.17) is 14.0 Å². The molecule has 156 valence electrons. The fourth-order valence-electron chi connectivity index (χ4n) is 3.45. The van der Waals surface area contributed by atoms with Crippen molar-refractivity contribution in [1.82, 2.24) is 4.90 Å². The summed E-state index contributed by atoms with van der Waals surface area (Å²) in [4.78, 5) is 14.7. The molecule has 0 unspecified atom stereocenters. The molecule has 1 aliphatic heterocycles. The van der Waals surface area contributed by atoms with Crippen LogP contribution in [0.3, 0.4) is 0 Å². The van der Waals surface area contributed by atoms with Crippen molar-refractivity contribution in [2.75, 3.05) is 0 Å². The summed E-state index contributed by atoms with van der Waals surface area (Å²) in [5, 5.41) is 0. The minimum Gasteiger partial charge on any atom is -0.448 e. The summed E-state index contributed by atoms with van der Waals surface area (Å²) in [7, 11) is -0.584. The van der Waals surface area contributed by atoms with Crippen molar-refractivity contribution in [1.29, 1.82) is 0 Å². The summed E-state index contributed by atoms with van der Waals surface area (Å²) >= 11 is 0. The lowest BCUT2D eigenvalue weighted by molar-refractivity contribution is 0.00578. The molecule has 1 aromatic carbocycles. The van der Waals surface area contributed by atoms with Crippen LogP contribution in [0.4, 0.5) is 4.79 Å². The van der Waals surface area contributed by atoms with Gasteiger partial charge in [-0.25, -0.2) is 4.79 Å². The number of aryl methyl sites for hydroxylation is 1. The van der Waals surface area contributed by atoms with Gasteiger partial charge in [-0.15, -0.1) is 0 Å². The van der Waals surface area contributed by atoms with Crippen molar-refractivity contribution in [2.24, 2.45) is 0 Å².